The molecule has 0 unspecified atom stereocenters. The maximum absolute atomic E-state index is 11.9. The SMILES string of the molecule is CC(=O)N([C@@H]1C[C@H](C)C(C#N)(C#N)C1(C#N)C#N)N(C)C. The van der Waals surface area contributed by atoms with Gasteiger partial charge in [-0.2, -0.15) is 21.0 Å². The molecule has 21 heavy (non-hydrogen) atoms. The predicted molar refractivity (Wildman–Crippen MR) is 71.1 cm³/mol. The zero-order valence-corrected chi connectivity index (χ0v) is 12.5. The van der Waals surface area contributed by atoms with Gasteiger partial charge in [0.1, 0.15) is 0 Å². The van der Waals surface area contributed by atoms with Crippen LogP contribution >= 0.6 is 0 Å². The van der Waals surface area contributed by atoms with Gasteiger partial charge in [-0.1, -0.05) is 6.92 Å². The first-order valence-electron chi connectivity index (χ1n) is 6.40. The maximum atomic E-state index is 11.9. The van der Waals surface area contributed by atoms with E-state index in [0.717, 1.165) is 0 Å². The van der Waals surface area contributed by atoms with Crippen LogP contribution in [-0.4, -0.2) is 36.1 Å². The van der Waals surface area contributed by atoms with Gasteiger partial charge in [-0.05, 0) is 12.3 Å². The first kappa shape index (κ1) is 16.4. The van der Waals surface area contributed by atoms with Gasteiger partial charge >= 0.3 is 0 Å². The minimum absolute atomic E-state index is 0.236. The Morgan fingerprint density at radius 1 is 1.05 bits per heavy atom. The van der Waals surface area contributed by atoms with E-state index in [2.05, 4.69) is 0 Å². The largest absolute Gasteiger partial charge is 0.274 e. The second kappa shape index (κ2) is 5.41. The number of hydrogen-bond donors (Lipinski definition) is 0. The van der Waals surface area contributed by atoms with Gasteiger partial charge in [0.05, 0.1) is 30.3 Å². The second-order valence-electron chi connectivity index (χ2n) is 5.43. The number of hydrazine groups is 1. The molecule has 1 saturated carbocycles. The molecule has 0 saturated heterocycles. The number of carbonyl (C=O) groups excluding carboxylic acids is 1. The predicted octanol–water partition coefficient (Wildman–Crippen LogP) is 0.787. The monoisotopic (exact) mass is 284 g/mol. The van der Waals surface area contributed by atoms with Crippen molar-refractivity contribution < 1.29 is 4.79 Å². The molecule has 0 radical (unpaired) electrons. The summed E-state index contributed by atoms with van der Waals surface area (Å²) in [6, 6.07) is 6.63. The van der Waals surface area contributed by atoms with Gasteiger partial charge in [-0.25, -0.2) is 5.01 Å². The van der Waals surface area contributed by atoms with Crippen LogP contribution in [0.4, 0.5) is 0 Å². The standard InChI is InChI=1S/C14H16N6O/c1-10-5-12(20(11(2)21)19(3)4)14(8-17,9-18)13(10,6-15)7-16/h10,12H,5H2,1-4H3/t10-,12+/m0/s1. The van der Waals surface area contributed by atoms with Crippen LogP contribution < -0.4 is 0 Å². The maximum Gasteiger partial charge on any atom is 0.234 e. The molecule has 1 amide bonds. The van der Waals surface area contributed by atoms with Crippen molar-refractivity contribution in [2.45, 2.75) is 26.3 Å². The normalized spacial score (nSPS) is 25.2. The van der Waals surface area contributed by atoms with Crippen molar-refractivity contribution in [3.05, 3.63) is 0 Å². The van der Waals surface area contributed by atoms with Gasteiger partial charge in [-0.15, -0.1) is 0 Å². The summed E-state index contributed by atoms with van der Waals surface area (Å²) in [4.78, 5) is 11.9. The first-order valence-corrected chi connectivity index (χ1v) is 6.40. The zero-order valence-electron chi connectivity index (χ0n) is 12.5. The Balaban J connectivity index is 3.63. The van der Waals surface area contributed by atoms with Crippen molar-refractivity contribution in [2.75, 3.05) is 14.1 Å². The van der Waals surface area contributed by atoms with E-state index in [1.54, 1.807) is 21.0 Å². The average Bonchev–Trinajstić information content (AvgIpc) is 2.67. The molecule has 2 atom stereocenters. The van der Waals surface area contributed by atoms with E-state index in [0.29, 0.717) is 0 Å². The van der Waals surface area contributed by atoms with Gasteiger partial charge in [0.25, 0.3) is 0 Å². The Morgan fingerprint density at radius 3 is 1.76 bits per heavy atom. The number of amides is 1. The molecule has 108 valence electrons. The van der Waals surface area contributed by atoms with Gasteiger partial charge in [-0.3, -0.25) is 9.80 Å². The molecule has 0 heterocycles. The van der Waals surface area contributed by atoms with Crippen LogP contribution in [0.1, 0.15) is 20.3 Å². The molecule has 1 aliphatic carbocycles. The van der Waals surface area contributed by atoms with Crippen LogP contribution in [0.2, 0.25) is 0 Å². The molecule has 0 aromatic heterocycles. The van der Waals surface area contributed by atoms with E-state index in [1.165, 1.54) is 16.9 Å². The van der Waals surface area contributed by atoms with Crippen molar-refractivity contribution in [2.24, 2.45) is 16.7 Å². The number of carbonyl (C=O) groups is 1. The van der Waals surface area contributed by atoms with Crippen LogP contribution in [-0.2, 0) is 4.79 Å². The molecule has 0 spiro atoms. The number of nitrogens with zero attached hydrogens (tertiary/aromatic N) is 6. The fourth-order valence-corrected chi connectivity index (χ4v) is 3.18. The van der Waals surface area contributed by atoms with E-state index in [9.17, 15) is 25.8 Å². The molecule has 0 aromatic rings. The van der Waals surface area contributed by atoms with Crippen LogP contribution in [0.15, 0.2) is 0 Å². The smallest absolute Gasteiger partial charge is 0.234 e. The summed E-state index contributed by atoms with van der Waals surface area (Å²) in [5.41, 5.74) is -3.64. The molecule has 1 aliphatic rings. The lowest BCUT2D eigenvalue weighted by atomic mass is 9.64. The Bertz CT molecular complexity index is 583. The molecule has 7 heteroatoms. The Hall–Kier alpha value is -2.61. The van der Waals surface area contributed by atoms with E-state index < -0.39 is 22.8 Å². The Morgan fingerprint density at radius 2 is 1.48 bits per heavy atom. The lowest BCUT2D eigenvalue weighted by Gasteiger charge is -2.39. The van der Waals surface area contributed by atoms with E-state index in [1.807, 2.05) is 24.3 Å². The molecule has 1 rings (SSSR count). The fourth-order valence-electron chi connectivity index (χ4n) is 3.18. The summed E-state index contributed by atoms with van der Waals surface area (Å²) in [6.07, 6.45) is 0.236. The van der Waals surface area contributed by atoms with Crippen LogP contribution in [0, 0.1) is 62.1 Å². The summed E-state index contributed by atoms with van der Waals surface area (Å²) in [6.45, 7) is 2.98. The molecule has 7 nitrogen and oxygen atoms in total. The fraction of sp³-hybridized carbons (Fsp3) is 0.643. The molecular formula is C14H16N6O. The second-order valence-corrected chi connectivity index (χ2v) is 5.43. The van der Waals surface area contributed by atoms with E-state index in [-0.39, 0.29) is 12.3 Å². The molecule has 0 bridgehead atoms. The molecular weight excluding hydrogens is 268 g/mol. The van der Waals surface area contributed by atoms with Gasteiger partial charge in [0, 0.05) is 21.0 Å². The molecule has 0 aliphatic heterocycles. The highest BCUT2D eigenvalue weighted by Gasteiger charge is 2.69. The third kappa shape index (κ3) is 1.91. The lowest BCUT2D eigenvalue weighted by molar-refractivity contribution is -0.150. The van der Waals surface area contributed by atoms with Crippen molar-refractivity contribution >= 4 is 5.91 Å². The minimum atomic E-state index is -1.88. The highest BCUT2D eigenvalue weighted by molar-refractivity contribution is 5.73. The zero-order chi connectivity index (χ0) is 16.4. The Labute approximate surface area is 124 Å². The van der Waals surface area contributed by atoms with Crippen LogP contribution in [0.25, 0.3) is 0 Å². The quantitative estimate of drug-likeness (QED) is 0.691. The van der Waals surface area contributed by atoms with Crippen LogP contribution in [0.3, 0.4) is 0 Å². The van der Waals surface area contributed by atoms with E-state index >= 15 is 0 Å². The number of hydrogen-bond acceptors (Lipinski definition) is 6. The number of rotatable bonds is 2. The van der Waals surface area contributed by atoms with Crippen molar-refractivity contribution in [3.63, 3.8) is 0 Å². The highest BCUT2D eigenvalue weighted by atomic mass is 16.2. The summed E-state index contributed by atoms with van der Waals surface area (Å²) in [7, 11) is 3.23. The summed E-state index contributed by atoms with van der Waals surface area (Å²) < 4.78 is 0. The number of nitriles is 4. The topological polar surface area (TPSA) is 119 Å². The molecule has 0 N–H and O–H groups in total. The Kier molecular flexibility index (Phi) is 4.24. The average molecular weight is 284 g/mol. The van der Waals surface area contributed by atoms with E-state index in [4.69, 9.17) is 0 Å². The highest BCUT2D eigenvalue weighted by Crippen LogP contribution is 2.57. The van der Waals surface area contributed by atoms with Crippen molar-refractivity contribution in [1.29, 1.82) is 21.0 Å². The van der Waals surface area contributed by atoms with Crippen molar-refractivity contribution in [1.82, 2.24) is 10.0 Å². The summed E-state index contributed by atoms with van der Waals surface area (Å²) in [5, 5.41) is 40.9. The minimum Gasteiger partial charge on any atom is -0.274 e. The van der Waals surface area contributed by atoms with Gasteiger partial charge < -0.3 is 0 Å². The van der Waals surface area contributed by atoms with Gasteiger partial charge in [0.15, 0.2) is 10.8 Å². The lowest BCUT2D eigenvalue weighted by Crippen LogP contribution is -2.55. The summed E-state index contributed by atoms with van der Waals surface area (Å²) >= 11 is 0. The van der Waals surface area contributed by atoms with Gasteiger partial charge in [0.2, 0.25) is 5.91 Å². The van der Waals surface area contributed by atoms with Crippen molar-refractivity contribution in [3.8, 4) is 24.3 Å². The van der Waals surface area contributed by atoms with Crippen LogP contribution in [0.5, 0.6) is 0 Å². The summed E-state index contributed by atoms with van der Waals surface area (Å²) in [5.74, 6) is -0.850. The first-order chi connectivity index (χ1) is 9.77. The molecule has 1 fully saturated rings. The third-order valence-corrected chi connectivity index (χ3v) is 4.19. The molecule has 0 aromatic carbocycles. The third-order valence-electron chi connectivity index (χ3n) is 4.19.